The monoisotopic (exact) mass is 226 g/mol. The Bertz CT molecular complexity index is 168. The zero-order chi connectivity index (χ0) is 12.1. The summed E-state index contributed by atoms with van der Waals surface area (Å²) in [5.74, 6) is 2.68. The van der Waals surface area contributed by atoms with E-state index in [0.717, 1.165) is 12.8 Å². The number of methoxy groups -OCH3 is 2. The zero-order valence-corrected chi connectivity index (χ0v) is 10.8. The predicted octanol–water partition coefficient (Wildman–Crippen LogP) is 3.75. The minimum absolute atomic E-state index is 0.0179. The first-order valence-electron chi connectivity index (χ1n) is 6.34. The van der Waals surface area contributed by atoms with Gasteiger partial charge in [-0.1, -0.05) is 32.1 Å². The van der Waals surface area contributed by atoms with Crippen LogP contribution in [0.4, 0.5) is 0 Å². The van der Waals surface area contributed by atoms with Gasteiger partial charge in [0.25, 0.3) is 0 Å². The molecular weight excluding hydrogens is 200 g/mol. The van der Waals surface area contributed by atoms with Gasteiger partial charge in [0.15, 0.2) is 6.29 Å². The fourth-order valence-corrected chi connectivity index (χ4v) is 1.75. The largest absolute Gasteiger partial charge is 0.356 e. The molecule has 0 saturated heterocycles. The van der Waals surface area contributed by atoms with Crippen molar-refractivity contribution in [2.75, 3.05) is 14.2 Å². The Balaban J connectivity index is 3.07. The molecule has 94 valence electrons. The number of hydrogen-bond acceptors (Lipinski definition) is 2. The molecule has 0 atom stereocenters. The van der Waals surface area contributed by atoms with E-state index < -0.39 is 0 Å². The maximum Gasteiger partial charge on any atom is 0.156 e. The Morgan fingerprint density at radius 2 is 1.38 bits per heavy atom. The van der Waals surface area contributed by atoms with Gasteiger partial charge in [-0.25, -0.2) is 0 Å². The van der Waals surface area contributed by atoms with Crippen LogP contribution in [0.5, 0.6) is 0 Å². The van der Waals surface area contributed by atoms with Gasteiger partial charge in [0.1, 0.15) is 0 Å². The van der Waals surface area contributed by atoms with E-state index in [-0.39, 0.29) is 6.29 Å². The fraction of sp³-hybridized carbons (Fsp3) is 0.857. The molecule has 2 nitrogen and oxygen atoms in total. The third-order valence-electron chi connectivity index (χ3n) is 2.79. The molecule has 0 unspecified atom stereocenters. The van der Waals surface area contributed by atoms with Crippen molar-refractivity contribution in [3.8, 4) is 12.3 Å². The molecular formula is C14H26O2. The molecule has 0 rings (SSSR count). The second-order valence-corrected chi connectivity index (χ2v) is 4.12. The van der Waals surface area contributed by atoms with Gasteiger partial charge in [-0.05, 0) is 19.3 Å². The molecule has 2 heteroatoms. The molecule has 0 aromatic rings. The van der Waals surface area contributed by atoms with Crippen LogP contribution in [0.2, 0.25) is 0 Å². The quantitative estimate of drug-likeness (QED) is 0.303. The van der Waals surface area contributed by atoms with Crippen LogP contribution >= 0.6 is 0 Å². The number of unbranched alkanes of at least 4 members (excludes halogenated alkanes) is 7. The molecule has 0 aliphatic heterocycles. The molecule has 0 fully saturated rings. The molecule has 0 heterocycles. The van der Waals surface area contributed by atoms with Gasteiger partial charge in [-0.2, -0.15) is 0 Å². The van der Waals surface area contributed by atoms with Crippen LogP contribution in [0.1, 0.15) is 57.8 Å². The summed E-state index contributed by atoms with van der Waals surface area (Å²) >= 11 is 0. The number of rotatable bonds is 11. The summed E-state index contributed by atoms with van der Waals surface area (Å²) in [4.78, 5) is 0. The van der Waals surface area contributed by atoms with E-state index in [2.05, 4.69) is 5.92 Å². The lowest BCUT2D eigenvalue weighted by Gasteiger charge is -2.12. The molecule has 0 amide bonds. The number of hydrogen-bond donors (Lipinski definition) is 0. The van der Waals surface area contributed by atoms with Crippen molar-refractivity contribution in [3.63, 3.8) is 0 Å². The van der Waals surface area contributed by atoms with Crippen molar-refractivity contribution in [2.45, 2.75) is 64.1 Å². The third-order valence-corrected chi connectivity index (χ3v) is 2.79. The molecule has 0 spiro atoms. The lowest BCUT2D eigenvalue weighted by molar-refractivity contribution is -0.107. The minimum Gasteiger partial charge on any atom is -0.356 e. The van der Waals surface area contributed by atoms with Crippen LogP contribution in [0.15, 0.2) is 0 Å². The highest BCUT2D eigenvalue weighted by molar-refractivity contribution is 4.82. The Labute approximate surface area is 101 Å². The lowest BCUT2D eigenvalue weighted by atomic mass is 10.1. The van der Waals surface area contributed by atoms with Gasteiger partial charge in [0.05, 0.1) is 0 Å². The minimum atomic E-state index is -0.0179. The maximum absolute atomic E-state index is 5.19. The van der Waals surface area contributed by atoms with Gasteiger partial charge in [-0.3, -0.25) is 0 Å². The summed E-state index contributed by atoms with van der Waals surface area (Å²) in [5, 5.41) is 0. The second kappa shape index (κ2) is 12.5. The Kier molecular flexibility index (Phi) is 12.1. The smallest absolute Gasteiger partial charge is 0.156 e. The van der Waals surface area contributed by atoms with Crippen molar-refractivity contribution < 1.29 is 9.47 Å². The Morgan fingerprint density at radius 1 is 0.875 bits per heavy atom. The van der Waals surface area contributed by atoms with E-state index in [9.17, 15) is 0 Å². The van der Waals surface area contributed by atoms with E-state index in [4.69, 9.17) is 15.9 Å². The van der Waals surface area contributed by atoms with Crippen molar-refractivity contribution in [1.29, 1.82) is 0 Å². The Morgan fingerprint density at radius 3 is 1.88 bits per heavy atom. The number of terminal acetylenes is 1. The van der Waals surface area contributed by atoms with Gasteiger partial charge in [0, 0.05) is 20.6 Å². The zero-order valence-electron chi connectivity index (χ0n) is 10.8. The highest BCUT2D eigenvalue weighted by Crippen LogP contribution is 2.11. The van der Waals surface area contributed by atoms with E-state index in [0.29, 0.717) is 0 Å². The Hall–Kier alpha value is -0.520. The standard InChI is InChI=1S/C14H26O2/c1-4-5-6-7-8-9-10-11-12-13-14(15-2)16-3/h1,14H,5-13H2,2-3H3. The highest BCUT2D eigenvalue weighted by Gasteiger charge is 2.03. The number of ether oxygens (including phenoxy) is 2. The van der Waals surface area contributed by atoms with Crippen molar-refractivity contribution in [3.05, 3.63) is 0 Å². The van der Waals surface area contributed by atoms with Gasteiger partial charge >= 0.3 is 0 Å². The average molecular weight is 226 g/mol. The van der Waals surface area contributed by atoms with E-state index in [1.807, 2.05) is 0 Å². The van der Waals surface area contributed by atoms with Gasteiger partial charge in [0.2, 0.25) is 0 Å². The first kappa shape index (κ1) is 15.5. The van der Waals surface area contributed by atoms with Crippen molar-refractivity contribution in [1.82, 2.24) is 0 Å². The predicted molar refractivity (Wildman–Crippen MR) is 68.2 cm³/mol. The summed E-state index contributed by atoms with van der Waals surface area (Å²) in [6.45, 7) is 0. The van der Waals surface area contributed by atoms with Crippen LogP contribution in [0.25, 0.3) is 0 Å². The molecule has 0 aliphatic rings. The third kappa shape index (κ3) is 10.0. The summed E-state index contributed by atoms with van der Waals surface area (Å²) in [6.07, 6.45) is 16.0. The molecule has 0 aliphatic carbocycles. The lowest BCUT2D eigenvalue weighted by Crippen LogP contribution is -2.12. The second-order valence-electron chi connectivity index (χ2n) is 4.12. The van der Waals surface area contributed by atoms with Crippen LogP contribution in [-0.2, 0) is 9.47 Å². The van der Waals surface area contributed by atoms with E-state index in [1.165, 1.54) is 44.9 Å². The van der Waals surface area contributed by atoms with Crippen LogP contribution in [0.3, 0.4) is 0 Å². The molecule has 0 aromatic carbocycles. The average Bonchev–Trinajstić information content (AvgIpc) is 2.32. The molecule has 0 saturated carbocycles. The molecule has 16 heavy (non-hydrogen) atoms. The van der Waals surface area contributed by atoms with Crippen molar-refractivity contribution in [2.24, 2.45) is 0 Å². The first-order chi connectivity index (χ1) is 7.85. The molecule has 0 bridgehead atoms. The summed E-state index contributed by atoms with van der Waals surface area (Å²) in [5.41, 5.74) is 0. The van der Waals surface area contributed by atoms with E-state index in [1.54, 1.807) is 14.2 Å². The maximum atomic E-state index is 5.19. The van der Waals surface area contributed by atoms with Gasteiger partial charge < -0.3 is 9.47 Å². The topological polar surface area (TPSA) is 18.5 Å². The molecule has 0 radical (unpaired) electrons. The molecule has 0 N–H and O–H groups in total. The fourth-order valence-electron chi connectivity index (χ4n) is 1.75. The van der Waals surface area contributed by atoms with Gasteiger partial charge in [-0.15, -0.1) is 12.3 Å². The normalized spacial score (nSPS) is 10.6. The summed E-state index contributed by atoms with van der Waals surface area (Å²) in [7, 11) is 3.39. The SMILES string of the molecule is C#CCCCCCCCCCC(OC)OC. The first-order valence-corrected chi connectivity index (χ1v) is 6.34. The van der Waals surface area contributed by atoms with Crippen LogP contribution in [-0.4, -0.2) is 20.5 Å². The molecule has 0 aromatic heterocycles. The van der Waals surface area contributed by atoms with Crippen molar-refractivity contribution >= 4 is 0 Å². The summed E-state index contributed by atoms with van der Waals surface area (Å²) < 4.78 is 10.3. The summed E-state index contributed by atoms with van der Waals surface area (Å²) in [6, 6.07) is 0. The van der Waals surface area contributed by atoms with Crippen LogP contribution < -0.4 is 0 Å². The van der Waals surface area contributed by atoms with Crippen LogP contribution in [0, 0.1) is 12.3 Å². The highest BCUT2D eigenvalue weighted by atomic mass is 16.7. The van der Waals surface area contributed by atoms with E-state index >= 15 is 0 Å².